The van der Waals surface area contributed by atoms with E-state index in [1.165, 1.54) is 13.0 Å². The maximum atomic E-state index is 13.5. The topological polar surface area (TPSA) is 72.2 Å². The van der Waals surface area contributed by atoms with Gasteiger partial charge in [0.25, 0.3) is 10.0 Å². The van der Waals surface area contributed by atoms with E-state index in [0.717, 1.165) is 24.3 Å². The van der Waals surface area contributed by atoms with Gasteiger partial charge < -0.3 is 5.73 Å². The van der Waals surface area contributed by atoms with Gasteiger partial charge in [0.15, 0.2) is 0 Å². The third kappa shape index (κ3) is 3.08. The molecular formula is C13H11ClF2N2O2S. The van der Waals surface area contributed by atoms with Crippen molar-refractivity contribution >= 4 is 33.0 Å². The van der Waals surface area contributed by atoms with Crippen molar-refractivity contribution in [3.8, 4) is 0 Å². The summed E-state index contributed by atoms with van der Waals surface area (Å²) in [5.41, 5.74) is 5.18. The predicted molar refractivity (Wildman–Crippen MR) is 77.8 cm³/mol. The molecule has 0 bridgehead atoms. The first-order chi connectivity index (χ1) is 9.72. The standard InChI is InChI=1S/C13H11ClF2N2O2S/c1-7-5-8(14)11(17)6-12(7)21(19,20)18-13-9(15)3-2-4-10(13)16/h2-6,18H,17H2,1H3. The van der Waals surface area contributed by atoms with Crippen LogP contribution in [0, 0.1) is 18.6 Å². The first kappa shape index (κ1) is 15.5. The van der Waals surface area contributed by atoms with E-state index < -0.39 is 27.3 Å². The van der Waals surface area contributed by atoms with Crippen LogP contribution < -0.4 is 10.5 Å². The number of rotatable bonds is 3. The molecule has 0 spiro atoms. The van der Waals surface area contributed by atoms with Gasteiger partial charge in [-0.05, 0) is 36.8 Å². The molecule has 0 saturated heterocycles. The molecule has 0 unspecified atom stereocenters. The molecule has 0 saturated carbocycles. The highest BCUT2D eigenvalue weighted by Crippen LogP contribution is 2.28. The Labute approximate surface area is 125 Å². The number of hydrogen-bond donors (Lipinski definition) is 2. The predicted octanol–water partition coefficient (Wildman–Crippen LogP) is 3.31. The Morgan fingerprint density at radius 2 is 1.76 bits per heavy atom. The van der Waals surface area contributed by atoms with E-state index in [1.54, 1.807) is 0 Å². The summed E-state index contributed by atoms with van der Waals surface area (Å²) in [6, 6.07) is 5.53. The number of aryl methyl sites for hydroxylation is 1. The average Bonchev–Trinajstić information content (AvgIpc) is 2.38. The first-order valence-corrected chi connectivity index (χ1v) is 7.61. The van der Waals surface area contributed by atoms with Crippen LogP contribution in [0.5, 0.6) is 0 Å². The van der Waals surface area contributed by atoms with Crippen LogP contribution >= 0.6 is 11.6 Å². The van der Waals surface area contributed by atoms with E-state index in [2.05, 4.69) is 0 Å². The van der Waals surface area contributed by atoms with E-state index in [0.29, 0.717) is 5.56 Å². The van der Waals surface area contributed by atoms with E-state index in [9.17, 15) is 17.2 Å². The van der Waals surface area contributed by atoms with Crippen molar-refractivity contribution < 1.29 is 17.2 Å². The summed E-state index contributed by atoms with van der Waals surface area (Å²) < 4.78 is 53.4. The summed E-state index contributed by atoms with van der Waals surface area (Å²) in [5, 5.41) is 0.198. The molecule has 0 radical (unpaired) electrons. The Balaban J connectivity index is 2.51. The maximum absolute atomic E-state index is 13.5. The minimum absolute atomic E-state index is 0.0525. The number of para-hydroxylation sites is 1. The summed E-state index contributed by atoms with van der Waals surface area (Å²) in [7, 11) is -4.20. The number of halogens is 3. The van der Waals surface area contributed by atoms with Crippen LogP contribution in [0.1, 0.15) is 5.56 Å². The van der Waals surface area contributed by atoms with Gasteiger partial charge in [0.1, 0.15) is 17.3 Å². The summed E-state index contributed by atoms with van der Waals surface area (Å²) >= 11 is 5.79. The number of nitrogens with two attached hydrogens (primary N) is 1. The molecule has 21 heavy (non-hydrogen) atoms. The fourth-order valence-corrected chi connectivity index (χ4v) is 3.30. The molecule has 112 valence electrons. The number of anilines is 2. The van der Waals surface area contributed by atoms with Crippen molar-refractivity contribution in [1.82, 2.24) is 0 Å². The van der Waals surface area contributed by atoms with Crippen LogP contribution in [0.2, 0.25) is 5.02 Å². The zero-order valence-electron chi connectivity index (χ0n) is 10.8. The molecule has 8 heteroatoms. The number of benzene rings is 2. The van der Waals surface area contributed by atoms with E-state index in [4.69, 9.17) is 17.3 Å². The van der Waals surface area contributed by atoms with Crippen molar-refractivity contribution in [2.24, 2.45) is 0 Å². The lowest BCUT2D eigenvalue weighted by Gasteiger charge is -2.13. The molecule has 0 aliphatic carbocycles. The van der Waals surface area contributed by atoms with Crippen molar-refractivity contribution in [2.45, 2.75) is 11.8 Å². The minimum atomic E-state index is -4.20. The SMILES string of the molecule is Cc1cc(Cl)c(N)cc1S(=O)(=O)Nc1c(F)cccc1F. The van der Waals surface area contributed by atoms with Crippen LogP contribution in [0.25, 0.3) is 0 Å². The van der Waals surface area contributed by atoms with Gasteiger partial charge in [-0.3, -0.25) is 4.72 Å². The van der Waals surface area contributed by atoms with E-state index in [-0.39, 0.29) is 15.6 Å². The van der Waals surface area contributed by atoms with Crippen molar-refractivity contribution in [2.75, 3.05) is 10.5 Å². The highest BCUT2D eigenvalue weighted by Gasteiger charge is 2.22. The van der Waals surface area contributed by atoms with Crippen LogP contribution in [-0.4, -0.2) is 8.42 Å². The number of nitrogen functional groups attached to an aromatic ring is 1. The molecule has 2 aromatic carbocycles. The molecular weight excluding hydrogens is 322 g/mol. The van der Waals surface area contributed by atoms with Gasteiger partial charge in [0, 0.05) is 0 Å². The Morgan fingerprint density at radius 1 is 1.19 bits per heavy atom. The van der Waals surface area contributed by atoms with Gasteiger partial charge in [0.05, 0.1) is 15.6 Å². The fourth-order valence-electron chi connectivity index (χ4n) is 1.74. The third-order valence-electron chi connectivity index (χ3n) is 2.78. The molecule has 2 rings (SSSR count). The summed E-state index contributed by atoms with van der Waals surface area (Å²) in [5.74, 6) is -2.03. The van der Waals surface area contributed by atoms with Gasteiger partial charge in [0.2, 0.25) is 0 Å². The van der Waals surface area contributed by atoms with Gasteiger partial charge >= 0.3 is 0 Å². The molecule has 0 amide bonds. The fraction of sp³-hybridized carbons (Fsp3) is 0.0769. The van der Waals surface area contributed by atoms with E-state index >= 15 is 0 Å². The quantitative estimate of drug-likeness (QED) is 0.847. The first-order valence-electron chi connectivity index (χ1n) is 5.75. The second-order valence-electron chi connectivity index (χ2n) is 4.34. The summed E-state index contributed by atoms with van der Waals surface area (Å²) in [6.07, 6.45) is 0. The summed E-state index contributed by atoms with van der Waals surface area (Å²) in [4.78, 5) is -0.202. The number of sulfonamides is 1. The molecule has 4 nitrogen and oxygen atoms in total. The Hall–Kier alpha value is -1.86. The maximum Gasteiger partial charge on any atom is 0.262 e. The molecule has 3 N–H and O–H groups in total. The highest BCUT2D eigenvalue weighted by atomic mass is 35.5. The third-order valence-corrected chi connectivity index (χ3v) is 4.60. The molecule has 0 aromatic heterocycles. The Bertz CT molecular complexity index is 790. The Morgan fingerprint density at radius 3 is 2.33 bits per heavy atom. The number of hydrogen-bond acceptors (Lipinski definition) is 3. The van der Waals surface area contributed by atoms with E-state index in [1.807, 2.05) is 4.72 Å². The zero-order valence-corrected chi connectivity index (χ0v) is 12.4. The smallest absolute Gasteiger partial charge is 0.262 e. The second-order valence-corrected chi connectivity index (χ2v) is 6.40. The molecule has 0 atom stereocenters. The van der Waals surface area contributed by atoms with Crippen LogP contribution in [0.15, 0.2) is 35.2 Å². The zero-order chi connectivity index (χ0) is 15.8. The van der Waals surface area contributed by atoms with Gasteiger partial charge in [-0.25, -0.2) is 17.2 Å². The van der Waals surface area contributed by atoms with Gasteiger partial charge in [-0.2, -0.15) is 0 Å². The molecule has 0 aliphatic heterocycles. The largest absolute Gasteiger partial charge is 0.397 e. The molecule has 2 aromatic rings. The lowest BCUT2D eigenvalue weighted by atomic mass is 10.2. The van der Waals surface area contributed by atoms with Gasteiger partial charge in [-0.1, -0.05) is 17.7 Å². The lowest BCUT2D eigenvalue weighted by Crippen LogP contribution is -2.16. The highest BCUT2D eigenvalue weighted by molar-refractivity contribution is 7.92. The lowest BCUT2D eigenvalue weighted by molar-refractivity contribution is 0.582. The molecule has 0 aliphatic rings. The van der Waals surface area contributed by atoms with Crippen LogP contribution in [0.3, 0.4) is 0 Å². The summed E-state index contributed by atoms with van der Waals surface area (Å²) in [6.45, 7) is 1.50. The average molecular weight is 333 g/mol. The minimum Gasteiger partial charge on any atom is -0.397 e. The van der Waals surface area contributed by atoms with Gasteiger partial charge in [-0.15, -0.1) is 0 Å². The molecule has 0 heterocycles. The van der Waals surface area contributed by atoms with Crippen molar-refractivity contribution in [3.05, 3.63) is 52.6 Å². The number of nitrogens with one attached hydrogen (secondary N) is 1. The monoisotopic (exact) mass is 332 g/mol. The van der Waals surface area contributed by atoms with Crippen LogP contribution in [0.4, 0.5) is 20.2 Å². The second kappa shape index (κ2) is 5.50. The van der Waals surface area contributed by atoms with Crippen molar-refractivity contribution in [3.63, 3.8) is 0 Å². The molecule has 0 fully saturated rings. The normalized spacial score (nSPS) is 11.4. The Kier molecular flexibility index (Phi) is 4.06. The van der Waals surface area contributed by atoms with Crippen molar-refractivity contribution in [1.29, 1.82) is 0 Å². The van der Waals surface area contributed by atoms with Crippen LogP contribution in [-0.2, 0) is 10.0 Å².